The van der Waals surface area contributed by atoms with E-state index in [4.69, 9.17) is 0 Å². The topological polar surface area (TPSA) is 64.7 Å². The van der Waals surface area contributed by atoms with Gasteiger partial charge in [0.05, 0.1) is 13.1 Å². The number of nitrogens with zero attached hydrogens (tertiary/aromatic N) is 2. The second kappa shape index (κ2) is 6.86. The first kappa shape index (κ1) is 14.3. The Labute approximate surface area is 114 Å². The van der Waals surface area contributed by atoms with Crippen molar-refractivity contribution in [3.05, 3.63) is 0 Å². The predicted octanol–water partition coefficient (Wildman–Crippen LogP) is -0.981. The summed E-state index contributed by atoms with van der Waals surface area (Å²) in [5, 5.41) is 6.03. The van der Waals surface area contributed by atoms with E-state index in [1.807, 2.05) is 4.90 Å². The molecular formula is C13H24N4O2. The van der Waals surface area contributed by atoms with E-state index in [-0.39, 0.29) is 18.4 Å². The normalized spacial score (nSPS) is 24.5. The summed E-state index contributed by atoms with van der Waals surface area (Å²) in [5.74, 6) is -0.0134. The molecule has 108 valence electrons. The molecule has 0 aliphatic carbocycles. The van der Waals surface area contributed by atoms with Gasteiger partial charge in [0.1, 0.15) is 0 Å². The van der Waals surface area contributed by atoms with Crippen LogP contribution in [0.25, 0.3) is 0 Å². The number of carbonyl (C=O) groups is 2. The number of nitrogens with one attached hydrogen (secondary N) is 2. The molecule has 2 aliphatic rings. The fourth-order valence-electron chi connectivity index (χ4n) is 2.61. The minimum absolute atomic E-state index is 0.0409. The molecule has 0 aromatic heterocycles. The average Bonchev–Trinajstić information content (AvgIpc) is 2.93. The molecule has 0 bridgehead atoms. The third-order valence-corrected chi connectivity index (χ3v) is 3.88. The molecule has 2 saturated heterocycles. The Hall–Kier alpha value is -1.14. The Morgan fingerprint density at radius 1 is 1.26 bits per heavy atom. The summed E-state index contributed by atoms with van der Waals surface area (Å²) in [6.07, 6.45) is 2.16. The molecule has 2 N–H and O–H groups in total. The maximum atomic E-state index is 11.8. The Balaban J connectivity index is 1.67. The number of rotatable bonds is 4. The zero-order valence-corrected chi connectivity index (χ0v) is 11.7. The van der Waals surface area contributed by atoms with Crippen LogP contribution in [0.4, 0.5) is 0 Å². The largest absolute Gasteiger partial charge is 0.346 e. The number of hydrogen-bond acceptors (Lipinski definition) is 4. The molecular weight excluding hydrogens is 244 g/mol. The third kappa shape index (κ3) is 4.18. The SMILES string of the molecule is C[C@@H]1CNCCN1CC(=O)NCC(=O)N1CCCC1. The summed E-state index contributed by atoms with van der Waals surface area (Å²) < 4.78 is 0. The first-order valence-corrected chi connectivity index (χ1v) is 7.16. The lowest BCUT2D eigenvalue weighted by Gasteiger charge is -2.33. The summed E-state index contributed by atoms with van der Waals surface area (Å²) in [6.45, 7) is 7.02. The highest BCUT2D eigenvalue weighted by molar-refractivity contribution is 5.85. The lowest BCUT2D eigenvalue weighted by molar-refractivity contribution is -0.132. The van der Waals surface area contributed by atoms with Crippen LogP contribution in [0.3, 0.4) is 0 Å². The van der Waals surface area contributed by atoms with Crippen LogP contribution < -0.4 is 10.6 Å². The first-order chi connectivity index (χ1) is 9.16. The summed E-state index contributed by atoms with van der Waals surface area (Å²) >= 11 is 0. The van der Waals surface area contributed by atoms with E-state index in [1.165, 1.54) is 0 Å². The van der Waals surface area contributed by atoms with Gasteiger partial charge in [0.25, 0.3) is 0 Å². The van der Waals surface area contributed by atoms with Crippen molar-refractivity contribution in [3.8, 4) is 0 Å². The van der Waals surface area contributed by atoms with Crippen molar-refractivity contribution < 1.29 is 9.59 Å². The van der Waals surface area contributed by atoms with Crippen LogP contribution in [0.1, 0.15) is 19.8 Å². The van der Waals surface area contributed by atoms with Crippen molar-refractivity contribution in [2.24, 2.45) is 0 Å². The molecule has 0 radical (unpaired) electrons. The lowest BCUT2D eigenvalue weighted by Crippen LogP contribution is -2.53. The van der Waals surface area contributed by atoms with Crippen molar-refractivity contribution in [2.45, 2.75) is 25.8 Å². The van der Waals surface area contributed by atoms with E-state index in [9.17, 15) is 9.59 Å². The van der Waals surface area contributed by atoms with Crippen LogP contribution in [0.5, 0.6) is 0 Å². The van der Waals surface area contributed by atoms with Crippen LogP contribution in [0.2, 0.25) is 0 Å². The van der Waals surface area contributed by atoms with Gasteiger partial charge in [-0.15, -0.1) is 0 Å². The van der Waals surface area contributed by atoms with Gasteiger partial charge in [-0.3, -0.25) is 14.5 Å². The summed E-state index contributed by atoms with van der Waals surface area (Å²) in [7, 11) is 0. The van der Waals surface area contributed by atoms with Crippen LogP contribution >= 0.6 is 0 Å². The molecule has 0 spiro atoms. The minimum atomic E-state index is -0.0544. The number of hydrogen-bond donors (Lipinski definition) is 2. The molecule has 2 amide bonds. The highest BCUT2D eigenvalue weighted by Crippen LogP contribution is 2.06. The van der Waals surface area contributed by atoms with Gasteiger partial charge in [0, 0.05) is 38.8 Å². The van der Waals surface area contributed by atoms with Gasteiger partial charge in [0.2, 0.25) is 11.8 Å². The van der Waals surface area contributed by atoms with E-state index in [1.54, 1.807) is 0 Å². The van der Waals surface area contributed by atoms with Crippen LogP contribution in [-0.2, 0) is 9.59 Å². The highest BCUT2D eigenvalue weighted by Gasteiger charge is 2.21. The van der Waals surface area contributed by atoms with Crippen LogP contribution in [0.15, 0.2) is 0 Å². The number of likely N-dealkylation sites (tertiary alicyclic amines) is 1. The van der Waals surface area contributed by atoms with E-state index < -0.39 is 0 Å². The van der Waals surface area contributed by atoms with Gasteiger partial charge in [-0.1, -0.05) is 0 Å². The number of amides is 2. The molecule has 0 aromatic rings. The Bertz CT molecular complexity index is 329. The molecule has 1 atom stereocenters. The van der Waals surface area contributed by atoms with Crippen molar-refractivity contribution >= 4 is 11.8 Å². The van der Waals surface area contributed by atoms with E-state index >= 15 is 0 Å². The lowest BCUT2D eigenvalue weighted by atomic mass is 10.2. The fourth-order valence-corrected chi connectivity index (χ4v) is 2.61. The van der Waals surface area contributed by atoms with Gasteiger partial charge < -0.3 is 15.5 Å². The zero-order valence-electron chi connectivity index (χ0n) is 11.7. The highest BCUT2D eigenvalue weighted by atomic mass is 16.2. The Morgan fingerprint density at radius 3 is 2.68 bits per heavy atom. The van der Waals surface area contributed by atoms with Crippen LogP contribution in [0, 0.1) is 0 Å². The second-order valence-electron chi connectivity index (χ2n) is 5.39. The van der Waals surface area contributed by atoms with Gasteiger partial charge >= 0.3 is 0 Å². The molecule has 2 heterocycles. The van der Waals surface area contributed by atoms with Gasteiger partial charge in [0.15, 0.2) is 0 Å². The zero-order chi connectivity index (χ0) is 13.7. The summed E-state index contributed by atoms with van der Waals surface area (Å²) in [4.78, 5) is 27.6. The first-order valence-electron chi connectivity index (χ1n) is 7.16. The molecule has 2 fully saturated rings. The van der Waals surface area contributed by atoms with Crippen LogP contribution in [-0.4, -0.2) is 73.5 Å². The minimum Gasteiger partial charge on any atom is -0.346 e. The molecule has 6 heteroatoms. The number of carbonyl (C=O) groups excluding carboxylic acids is 2. The Kier molecular flexibility index (Phi) is 5.15. The molecule has 0 saturated carbocycles. The van der Waals surface area contributed by atoms with Crippen molar-refractivity contribution in [1.29, 1.82) is 0 Å². The smallest absolute Gasteiger partial charge is 0.241 e. The maximum Gasteiger partial charge on any atom is 0.241 e. The quantitative estimate of drug-likeness (QED) is 0.688. The number of piperazine rings is 1. The molecule has 2 rings (SSSR count). The second-order valence-corrected chi connectivity index (χ2v) is 5.39. The molecule has 2 aliphatic heterocycles. The van der Waals surface area contributed by atoms with E-state index in [2.05, 4.69) is 22.5 Å². The molecule has 0 aromatic carbocycles. The van der Waals surface area contributed by atoms with E-state index in [0.29, 0.717) is 12.6 Å². The van der Waals surface area contributed by atoms with Crippen molar-refractivity contribution in [3.63, 3.8) is 0 Å². The molecule has 0 unspecified atom stereocenters. The summed E-state index contributed by atoms with van der Waals surface area (Å²) in [6, 6.07) is 0.369. The average molecular weight is 268 g/mol. The van der Waals surface area contributed by atoms with Crippen molar-refractivity contribution in [2.75, 3.05) is 45.8 Å². The van der Waals surface area contributed by atoms with E-state index in [0.717, 1.165) is 45.6 Å². The molecule has 6 nitrogen and oxygen atoms in total. The van der Waals surface area contributed by atoms with Gasteiger partial charge in [-0.25, -0.2) is 0 Å². The summed E-state index contributed by atoms with van der Waals surface area (Å²) in [5.41, 5.74) is 0. The Morgan fingerprint density at radius 2 is 2.00 bits per heavy atom. The maximum absolute atomic E-state index is 11.8. The standard InChI is InChI=1S/C13H24N4O2/c1-11-8-14-4-7-17(11)10-12(18)15-9-13(19)16-5-2-3-6-16/h11,14H,2-10H2,1H3,(H,15,18)/t11-/m1/s1. The third-order valence-electron chi connectivity index (χ3n) is 3.88. The van der Waals surface area contributed by atoms with Crippen molar-refractivity contribution in [1.82, 2.24) is 20.4 Å². The fraction of sp³-hybridized carbons (Fsp3) is 0.846. The van der Waals surface area contributed by atoms with Gasteiger partial charge in [-0.05, 0) is 19.8 Å². The van der Waals surface area contributed by atoms with Gasteiger partial charge in [-0.2, -0.15) is 0 Å². The predicted molar refractivity (Wildman–Crippen MR) is 72.7 cm³/mol. The molecule has 19 heavy (non-hydrogen) atoms. The monoisotopic (exact) mass is 268 g/mol.